The minimum absolute atomic E-state index is 0.156. The normalized spacial score (nSPS) is 12.0. The Labute approximate surface area is 129 Å². The summed E-state index contributed by atoms with van der Waals surface area (Å²) in [4.78, 5) is 22.6. The van der Waals surface area contributed by atoms with E-state index in [1.165, 1.54) is 0 Å². The molecule has 1 unspecified atom stereocenters. The van der Waals surface area contributed by atoms with Gasteiger partial charge in [0.1, 0.15) is 11.8 Å². The number of benzene rings is 1. The van der Waals surface area contributed by atoms with Gasteiger partial charge in [-0.05, 0) is 36.6 Å². The second kappa shape index (κ2) is 8.52. The first-order chi connectivity index (χ1) is 9.90. The summed E-state index contributed by atoms with van der Waals surface area (Å²) in [5.74, 6) is -0.770. The van der Waals surface area contributed by atoms with Gasteiger partial charge < -0.3 is 15.2 Å². The Kier molecular flexibility index (Phi) is 7.02. The van der Waals surface area contributed by atoms with Crippen LogP contribution in [0.2, 0.25) is 5.02 Å². The summed E-state index contributed by atoms with van der Waals surface area (Å²) < 4.78 is 5.46. The first-order valence-electron chi connectivity index (χ1n) is 6.80. The van der Waals surface area contributed by atoms with Gasteiger partial charge in [-0.15, -0.1) is 0 Å². The molecule has 0 saturated heterocycles. The van der Waals surface area contributed by atoms with Crippen LogP contribution in [0.15, 0.2) is 24.3 Å². The molecule has 0 aromatic heterocycles. The summed E-state index contributed by atoms with van der Waals surface area (Å²) >= 11 is 5.76. The first kappa shape index (κ1) is 17.3. The van der Waals surface area contributed by atoms with Gasteiger partial charge in [-0.3, -0.25) is 4.79 Å². The van der Waals surface area contributed by atoms with E-state index in [-0.39, 0.29) is 18.2 Å². The maximum absolute atomic E-state index is 11.7. The monoisotopic (exact) mass is 313 g/mol. The van der Waals surface area contributed by atoms with Crippen LogP contribution in [0, 0.1) is 5.92 Å². The van der Waals surface area contributed by atoms with Crippen LogP contribution in [-0.2, 0) is 9.59 Å². The number of nitrogens with one attached hydrogen (secondary N) is 1. The third kappa shape index (κ3) is 6.49. The molecule has 2 N–H and O–H groups in total. The fourth-order valence-corrected chi connectivity index (χ4v) is 1.84. The van der Waals surface area contributed by atoms with Crippen molar-refractivity contribution in [3.05, 3.63) is 29.3 Å². The van der Waals surface area contributed by atoms with Crippen LogP contribution in [0.1, 0.15) is 26.7 Å². The van der Waals surface area contributed by atoms with Gasteiger partial charge in [0.05, 0.1) is 6.61 Å². The standard InChI is InChI=1S/C15H20ClNO4/c1-10(2)14(15(19)20)17-13(18)4-3-9-21-12-7-5-11(16)6-8-12/h5-8,10,14H,3-4,9H2,1-2H3,(H,17,18)(H,19,20). The molecule has 0 saturated carbocycles. The maximum atomic E-state index is 11.7. The van der Waals surface area contributed by atoms with Crippen LogP contribution < -0.4 is 10.1 Å². The lowest BCUT2D eigenvalue weighted by Crippen LogP contribution is -2.44. The van der Waals surface area contributed by atoms with E-state index in [0.717, 1.165) is 0 Å². The SMILES string of the molecule is CC(C)C(NC(=O)CCCOc1ccc(Cl)cc1)C(=O)O. The third-order valence-corrected chi connectivity index (χ3v) is 3.13. The Morgan fingerprint density at radius 3 is 2.43 bits per heavy atom. The molecule has 1 atom stereocenters. The zero-order chi connectivity index (χ0) is 15.8. The van der Waals surface area contributed by atoms with Crippen molar-refractivity contribution in [2.24, 2.45) is 5.92 Å². The molecule has 1 aromatic carbocycles. The number of hydrogen-bond donors (Lipinski definition) is 2. The molecule has 0 fully saturated rings. The van der Waals surface area contributed by atoms with Gasteiger partial charge in [0.2, 0.25) is 5.91 Å². The van der Waals surface area contributed by atoms with E-state index in [2.05, 4.69) is 5.32 Å². The van der Waals surface area contributed by atoms with E-state index >= 15 is 0 Å². The zero-order valence-corrected chi connectivity index (χ0v) is 12.9. The molecule has 0 aliphatic heterocycles. The fourth-order valence-electron chi connectivity index (χ4n) is 1.71. The predicted octanol–water partition coefficient (Wildman–Crippen LogP) is 2.72. The Balaban J connectivity index is 2.27. The van der Waals surface area contributed by atoms with E-state index in [4.69, 9.17) is 21.4 Å². The van der Waals surface area contributed by atoms with Crippen molar-refractivity contribution in [1.82, 2.24) is 5.32 Å². The van der Waals surface area contributed by atoms with E-state index in [1.807, 2.05) is 0 Å². The average molecular weight is 314 g/mol. The molecule has 1 aromatic rings. The number of carboxylic acid groups (broad SMARTS) is 1. The predicted molar refractivity (Wildman–Crippen MR) is 80.6 cm³/mol. The molecule has 21 heavy (non-hydrogen) atoms. The van der Waals surface area contributed by atoms with Gasteiger partial charge >= 0.3 is 5.97 Å². The lowest BCUT2D eigenvalue weighted by atomic mass is 10.0. The summed E-state index contributed by atoms with van der Waals surface area (Å²) in [5.41, 5.74) is 0. The second-order valence-corrected chi connectivity index (χ2v) is 5.47. The minimum Gasteiger partial charge on any atom is -0.494 e. The van der Waals surface area contributed by atoms with E-state index in [0.29, 0.717) is 23.8 Å². The third-order valence-electron chi connectivity index (χ3n) is 2.88. The summed E-state index contributed by atoms with van der Waals surface area (Å²) in [6, 6.07) is 6.10. The van der Waals surface area contributed by atoms with Crippen molar-refractivity contribution in [1.29, 1.82) is 0 Å². The summed E-state index contributed by atoms with van der Waals surface area (Å²) in [7, 11) is 0. The van der Waals surface area contributed by atoms with Gasteiger partial charge in [0.15, 0.2) is 0 Å². The molecular weight excluding hydrogens is 294 g/mol. The maximum Gasteiger partial charge on any atom is 0.326 e. The van der Waals surface area contributed by atoms with E-state index in [9.17, 15) is 9.59 Å². The van der Waals surface area contributed by atoms with Crippen LogP contribution in [0.5, 0.6) is 5.75 Å². The van der Waals surface area contributed by atoms with Crippen molar-refractivity contribution < 1.29 is 19.4 Å². The topological polar surface area (TPSA) is 75.6 Å². The Hall–Kier alpha value is -1.75. The Morgan fingerprint density at radius 2 is 1.90 bits per heavy atom. The largest absolute Gasteiger partial charge is 0.494 e. The molecule has 6 heteroatoms. The van der Waals surface area contributed by atoms with Crippen LogP contribution in [-0.4, -0.2) is 29.6 Å². The first-order valence-corrected chi connectivity index (χ1v) is 7.18. The number of carbonyl (C=O) groups excluding carboxylic acids is 1. The van der Waals surface area contributed by atoms with Gasteiger partial charge in [0.25, 0.3) is 0 Å². The molecule has 1 amide bonds. The van der Waals surface area contributed by atoms with E-state index in [1.54, 1.807) is 38.1 Å². The number of carboxylic acids is 1. The van der Waals surface area contributed by atoms with Gasteiger partial charge in [0, 0.05) is 11.4 Å². The second-order valence-electron chi connectivity index (χ2n) is 5.03. The molecule has 0 radical (unpaired) electrons. The Bertz CT molecular complexity index is 473. The molecular formula is C15H20ClNO4. The highest BCUT2D eigenvalue weighted by Gasteiger charge is 2.22. The van der Waals surface area contributed by atoms with Crippen molar-refractivity contribution in [3.63, 3.8) is 0 Å². The molecule has 0 aliphatic carbocycles. The highest BCUT2D eigenvalue weighted by atomic mass is 35.5. The van der Waals surface area contributed by atoms with Gasteiger partial charge in [-0.1, -0.05) is 25.4 Å². The molecule has 1 rings (SSSR count). The van der Waals surface area contributed by atoms with Crippen LogP contribution in [0.3, 0.4) is 0 Å². The molecule has 0 bridgehead atoms. The van der Waals surface area contributed by atoms with Crippen molar-refractivity contribution in [2.45, 2.75) is 32.7 Å². The molecule has 5 nitrogen and oxygen atoms in total. The number of hydrogen-bond acceptors (Lipinski definition) is 3. The fraction of sp³-hybridized carbons (Fsp3) is 0.467. The lowest BCUT2D eigenvalue weighted by molar-refractivity contribution is -0.143. The Morgan fingerprint density at radius 1 is 1.29 bits per heavy atom. The van der Waals surface area contributed by atoms with Crippen LogP contribution >= 0.6 is 11.6 Å². The molecule has 0 aliphatic rings. The van der Waals surface area contributed by atoms with Crippen molar-refractivity contribution >= 4 is 23.5 Å². The zero-order valence-electron chi connectivity index (χ0n) is 12.1. The average Bonchev–Trinajstić information content (AvgIpc) is 2.42. The highest BCUT2D eigenvalue weighted by molar-refractivity contribution is 6.30. The smallest absolute Gasteiger partial charge is 0.326 e. The summed E-state index contributed by atoms with van der Waals surface area (Å²) in [5, 5.41) is 12.1. The number of aliphatic carboxylic acids is 1. The summed E-state index contributed by atoms with van der Waals surface area (Å²) in [6.07, 6.45) is 0.739. The summed E-state index contributed by atoms with van der Waals surface area (Å²) in [6.45, 7) is 3.89. The molecule has 0 spiro atoms. The van der Waals surface area contributed by atoms with Crippen molar-refractivity contribution in [3.8, 4) is 5.75 Å². The molecule has 116 valence electrons. The lowest BCUT2D eigenvalue weighted by Gasteiger charge is -2.17. The minimum atomic E-state index is -1.02. The number of rotatable bonds is 8. The number of halogens is 1. The number of ether oxygens (including phenoxy) is 1. The van der Waals surface area contributed by atoms with Crippen LogP contribution in [0.4, 0.5) is 0 Å². The van der Waals surface area contributed by atoms with E-state index < -0.39 is 12.0 Å². The quantitative estimate of drug-likeness (QED) is 0.724. The van der Waals surface area contributed by atoms with Gasteiger partial charge in [-0.2, -0.15) is 0 Å². The van der Waals surface area contributed by atoms with Crippen molar-refractivity contribution in [2.75, 3.05) is 6.61 Å². The molecule has 0 heterocycles. The highest BCUT2D eigenvalue weighted by Crippen LogP contribution is 2.15. The number of carbonyl (C=O) groups is 2. The number of amides is 1. The van der Waals surface area contributed by atoms with Crippen LogP contribution in [0.25, 0.3) is 0 Å². The van der Waals surface area contributed by atoms with Gasteiger partial charge in [-0.25, -0.2) is 4.79 Å².